The van der Waals surface area contributed by atoms with Crippen molar-refractivity contribution in [3.63, 3.8) is 0 Å². The molecular weight excluding hydrogens is 488 g/mol. The molecule has 0 spiro atoms. The number of ether oxygens (including phenoxy) is 4. The maximum Gasteiger partial charge on any atom is 0.237 e. The Labute approximate surface area is 209 Å². The molecule has 1 aliphatic rings. The van der Waals surface area contributed by atoms with Crippen LogP contribution in [-0.2, 0) is 19.3 Å². The van der Waals surface area contributed by atoms with Crippen LogP contribution < -0.4 is 9.47 Å². The third kappa shape index (κ3) is 6.20. The molecule has 3 unspecified atom stereocenters. The van der Waals surface area contributed by atoms with Crippen LogP contribution in [0, 0.1) is 0 Å². The molecule has 1 aliphatic heterocycles. The van der Waals surface area contributed by atoms with E-state index in [9.17, 15) is 13.5 Å². The fourth-order valence-electron chi connectivity index (χ4n) is 3.50. The number of H-pyrrole nitrogens is 1. The average Bonchev–Trinajstić information content (AvgIpc) is 3.49. The van der Waals surface area contributed by atoms with Gasteiger partial charge in [0.1, 0.15) is 35.9 Å². The van der Waals surface area contributed by atoms with Crippen molar-refractivity contribution >= 4 is 15.7 Å². The number of aromatic nitrogens is 3. The van der Waals surface area contributed by atoms with Crippen LogP contribution in [0.15, 0.2) is 52.7 Å². The van der Waals surface area contributed by atoms with Gasteiger partial charge in [0, 0.05) is 30.7 Å². The lowest BCUT2D eigenvalue weighted by Gasteiger charge is -2.16. The molecule has 1 aromatic carbocycles. The molecule has 3 aromatic rings. The van der Waals surface area contributed by atoms with E-state index in [1.54, 1.807) is 26.2 Å². The van der Waals surface area contributed by atoms with Gasteiger partial charge in [-0.1, -0.05) is 0 Å². The summed E-state index contributed by atoms with van der Waals surface area (Å²) in [5.41, 5.74) is 2.19. The zero-order chi connectivity index (χ0) is 25.9. The first-order chi connectivity index (χ1) is 17.1. The first kappa shape index (κ1) is 25.6. The van der Waals surface area contributed by atoms with Crippen LogP contribution in [0.4, 0.5) is 0 Å². The largest absolute Gasteiger partial charge is 0.488 e. The Morgan fingerprint density at radius 3 is 2.53 bits per heavy atom. The summed E-state index contributed by atoms with van der Waals surface area (Å²) in [6, 6.07) is 8.74. The predicted octanol–water partition coefficient (Wildman–Crippen LogP) is 2.61. The number of hydrogen-bond donors (Lipinski definition) is 2. The lowest BCUT2D eigenvalue weighted by molar-refractivity contribution is 0.0920. The third-order valence-electron chi connectivity index (χ3n) is 5.28. The molecule has 36 heavy (non-hydrogen) atoms. The van der Waals surface area contributed by atoms with E-state index in [4.69, 9.17) is 18.9 Å². The summed E-state index contributed by atoms with van der Waals surface area (Å²) < 4.78 is 46.0. The molecular formula is C24H28N4O7S. The van der Waals surface area contributed by atoms with E-state index >= 15 is 0 Å². The van der Waals surface area contributed by atoms with Gasteiger partial charge in [-0.3, -0.25) is 0 Å². The van der Waals surface area contributed by atoms with Gasteiger partial charge in [0.25, 0.3) is 0 Å². The number of aliphatic hydroxyl groups is 1. The summed E-state index contributed by atoms with van der Waals surface area (Å²) in [4.78, 5) is 15.7. The molecule has 0 amide bonds. The van der Waals surface area contributed by atoms with Crippen molar-refractivity contribution in [2.24, 2.45) is 4.99 Å². The molecule has 3 heterocycles. The lowest BCUT2D eigenvalue weighted by atomic mass is 10.1. The van der Waals surface area contributed by atoms with Gasteiger partial charge in [-0.25, -0.2) is 23.4 Å². The molecule has 192 valence electrons. The number of rotatable bonds is 10. The van der Waals surface area contributed by atoms with Crippen molar-refractivity contribution in [1.82, 2.24) is 15.0 Å². The summed E-state index contributed by atoms with van der Waals surface area (Å²) >= 11 is 0. The fourth-order valence-corrected chi connectivity index (χ4v) is 3.98. The highest BCUT2D eigenvalue weighted by atomic mass is 32.2. The highest BCUT2D eigenvalue weighted by molar-refractivity contribution is 7.90. The molecule has 0 bridgehead atoms. The molecule has 0 fully saturated rings. The van der Waals surface area contributed by atoms with Gasteiger partial charge in [-0.2, -0.15) is 0 Å². The van der Waals surface area contributed by atoms with E-state index in [0.717, 1.165) is 23.7 Å². The van der Waals surface area contributed by atoms with Crippen molar-refractivity contribution in [1.29, 1.82) is 0 Å². The molecule has 0 saturated heterocycles. The van der Waals surface area contributed by atoms with Crippen molar-refractivity contribution in [3.05, 3.63) is 48.4 Å². The standard InChI is InChI=1S/C24H28N4O7S/c1-14(12-32-3)34-17-7-16(19-5-6-20(27-19)24-28-21(13-33-24)15(2)29)8-18(9-17)35-22-10-26-23(11-25-22)36(4,30)31/h5-11,14-15,21,27,29H,12-13H2,1-4H3. The summed E-state index contributed by atoms with van der Waals surface area (Å²) in [6.07, 6.45) is 2.63. The summed E-state index contributed by atoms with van der Waals surface area (Å²) in [5.74, 6) is 1.51. The Morgan fingerprint density at radius 2 is 1.89 bits per heavy atom. The average molecular weight is 517 g/mol. The number of aliphatic hydroxyl groups excluding tert-OH is 1. The molecule has 11 nitrogen and oxygen atoms in total. The van der Waals surface area contributed by atoms with Crippen LogP contribution >= 0.6 is 0 Å². The lowest BCUT2D eigenvalue weighted by Crippen LogP contribution is -2.21. The monoisotopic (exact) mass is 516 g/mol. The molecule has 0 radical (unpaired) electrons. The quantitative estimate of drug-likeness (QED) is 0.415. The van der Waals surface area contributed by atoms with E-state index in [-0.39, 0.29) is 23.1 Å². The molecule has 2 aromatic heterocycles. The SMILES string of the molecule is COCC(C)Oc1cc(Oc2cnc(S(C)(=O)=O)cn2)cc(-c2ccc(C3=NC(C(C)O)CO3)[nH]2)c1. The number of nitrogens with zero attached hydrogens (tertiary/aromatic N) is 3. The Bertz CT molecular complexity index is 1340. The van der Waals surface area contributed by atoms with E-state index < -0.39 is 15.9 Å². The van der Waals surface area contributed by atoms with E-state index in [1.165, 1.54) is 6.20 Å². The minimum Gasteiger partial charge on any atom is -0.488 e. The minimum absolute atomic E-state index is 0.125. The predicted molar refractivity (Wildman–Crippen MR) is 131 cm³/mol. The number of nitrogens with one attached hydrogen (secondary N) is 1. The van der Waals surface area contributed by atoms with E-state index in [2.05, 4.69) is 19.9 Å². The maximum atomic E-state index is 11.6. The first-order valence-electron chi connectivity index (χ1n) is 11.2. The molecule has 12 heteroatoms. The highest BCUT2D eigenvalue weighted by Crippen LogP contribution is 2.32. The summed E-state index contributed by atoms with van der Waals surface area (Å²) in [5, 5.41) is 9.63. The van der Waals surface area contributed by atoms with E-state index in [1.807, 2.05) is 25.1 Å². The second kappa shape index (κ2) is 10.6. The normalized spacial score (nSPS) is 17.2. The topological polar surface area (TPSA) is 145 Å². The first-order valence-corrected chi connectivity index (χ1v) is 13.1. The van der Waals surface area contributed by atoms with Crippen LogP contribution in [0.1, 0.15) is 19.5 Å². The van der Waals surface area contributed by atoms with Crippen LogP contribution in [0.3, 0.4) is 0 Å². The zero-order valence-corrected chi connectivity index (χ0v) is 21.2. The van der Waals surface area contributed by atoms with Crippen LogP contribution in [0.25, 0.3) is 11.3 Å². The van der Waals surface area contributed by atoms with Crippen molar-refractivity contribution in [3.8, 4) is 28.6 Å². The minimum atomic E-state index is -3.47. The fraction of sp³-hybridized carbons (Fsp3) is 0.375. The van der Waals surface area contributed by atoms with Gasteiger partial charge in [0.15, 0.2) is 14.9 Å². The molecule has 4 rings (SSSR count). The molecule has 2 N–H and O–H groups in total. The smallest absolute Gasteiger partial charge is 0.237 e. The van der Waals surface area contributed by atoms with Gasteiger partial charge < -0.3 is 29.0 Å². The third-order valence-corrected chi connectivity index (χ3v) is 6.25. The van der Waals surface area contributed by atoms with Crippen LogP contribution in [-0.4, -0.2) is 79.2 Å². The number of aliphatic imine (C=N–C) groups is 1. The Morgan fingerprint density at radius 1 is 1.14 bits per heavy atom. The van der Waals surface area contributed by atoms with Crippen molar-refractivity contribution in [2.45, 2.75) is 37.1 Å². The summed E-state index contributed by atoms with van der Waals surface area (Å²) in [6.45, 7) is 4.27. The number of methoxy groups -OCH3 is 1. The Hall–Kier alpha value is -3.48. The van der Waals surface area contributed by atoms with Gasteiger partial charge in [0.2, 0.25) is 11.8 Å². The number of benzene rings is 1. The van der Waals surface area contributed by atoms with Crippen molar-refractivity contribution in [2.75, 3.05) is 26.6 Å². The molecule has 0 saturated carbocycles. The van der Waals surface area contributed by atoms with Gasteiger partial charge >= 0.3 is 0 Å². The van der Waals surface area contributed by atoms with Crippen LogP contribution in [0.2, 0.25) is 0 Å². The highest BCUT2D eigenvalue weighted by Gasteiger charge is 2.25. The van der Waals surface area contributed by atoms with Gasteiger partial charge in [-0.05, 0) is 38.1 Å². The molecule has 3 atom stereocenters. The second-order valence-corrected chi connectivity index (χ2v) is 10.4. The summed E-state index contributed by atoms with van der Waals surface area (Å²) in [7, 11) is -1.88. The zero-order valence-electron chi connectivity index (χ0n) is 20.3. The van der Waals surface area contributed by atoms with Gasteiger partial charge in [0.05, 0.1) is 25.1 Å². The Balaban J connectivity index is 1.63. The Kier molecular flexibility index (Phi) is 7.57. The number of hydrogen-bond acceptors (Lipinski definition) is 10. The van der Waals surface area contributed by atoms with E-state index in [0.29, 0.717) is 36.3 Å². The van der Waals surface area contributed by atoms with Crippen LogP contribution in [0.5, 0.6) is 17.4 Å². The van der Waals surface area contributed by atoms with Gasteiger partial charge in [-0.15, -0.1) is 0 Å². The number of sulfone groups is 1. The maximum absolute atomic E-state index is 11.6. The van der Waals surface area contributed by atoms with Crippen molar-refractivity contribution < 1.29 is 32.5 Å². The number of aromatic amines is 1. The molecule has 0 aliphatic carbocycles. The second-order valence-electron chi connectivity index (χ2n) is 8.48.